The molecule has 3 rings (SSSR count). The summed E-state index contributed by atoms with van der Waals surface area (Å²) in [5, 5.41) is 4.83. The van der Waals surface area contributed by atoms with Gasteiger partial charge < -0.3 is 14.8 Å². The second kappa shape index (κ2) is 10.0. The van der Waals surface area contributed by atoms with Gasteiger partial charge in [-0.3, -0.25) is 0 Å². The Balaban J connectivity index is 1.74. The van der Waals surface area contributed by atoms with Crippen LogP contribution >= 0.6 is 39.1 Å². The molecule has 0 aromatic heterocycles. The van der Waals surface area contributed by atoms with Crippen LogP contribution in [-0.4, -0.2) is 12.6 Å². The molecule has 0 unspecified atom stereocenters. The Bertz CT molecular complexity index is 759. The summed E-state index contributed by atoms with van der Waals surface area (Å²) in [6, 6.07) is 10.1. The van der Waals surface area contributed by atoms with E-state index in [9.17, 15) is 0 Å². The number of nitrogens with one attached hydrogen (secondary N) is 1. The van der Waals surface area contributed by atoms with Crippen molar-refractivity contribution in [2.45, 2.75) is 51.8 Å². The number of hydrogen-bond donors (Lipinski definition) is 1. The summed E-state index contributed by atoms with van der Waals surface area (Å²) in [5.41, 5.74) is 1.93. The van der Waals surface area contributed by atoms with Crippen LogP contribution in [0.4, 0.5) is 0 Å². The van der Waals surface area contributed by atoms with Gasteiger partial charge in [0, 0.05) is 32.7 Å². The van der Waals surface area contributed by atoms with Crippen molar-refractivity contribution in [1.82, 2.24) is 5.32 Å². The molecule has 1 saturated carbocycles. The van der Waals surface area contributed by atoms with Crippen LogP contribution in [0.25, 0.3) is 0 Å². The maximum atomic E-state index is 6.24. The molecular weight excluding hydrogens is 449 g/mol. The number of hydrogen-bond acceptors (Lipinski definition) is 3. The van der Waals surface area contributed by atoms with Crippen molar-refractivity contribution in [1.29, 1.82) is 0 Å². The van der Waals surface area contributed by atoms with Crippen molar-refractivity contribution < 1.29 is 9.47 Å². The molecule has 146 valence electrons. The van der Waals surface area contributed by atoms with Crippen LogP contribution in [0.5, 0.6) is 11.5 Å². The normalized spacial score (nSPS) is 14.5. The zero-order valence-corrected chi connectivity index (χ0v) is 18.5. The van der Waals surface area contributed by atoms with Gasteiger partial charge in [0.1, 0.15) is 6.61 Å². The average molecular weight is 473 g/mol. The molecule has 2 aromatic rings. The van der Waals surface area contributed by atoms with Gasteiger partial charge in [-0.2, -0.15) is 0 Å². The molecule has 0 bridgehead atoms. The molecule has 2 aromatic carbocycles. The monoisotopic (exact) mass is 471 g/mol. The first-order valence-electron chi connectivity index (χ1n) is 9.32. The number of benzene rings is 2. The first-order valence-corrected chi connectivity index (χ1v) is 10.9. The van der Waals surface area contributed by atoms with Crippen molar-refractivity contribution in [3.05, 3.63) is 56.0 Å². The topological polar surface area (TPSA) is 30.5 Å². The van der Waals surface area contributed by atoms with Gasteiger partial charge in [0.05, 0.1) is 6.61 Å². The lowest BCUT2D eigenvalue weighted by Gasteiger charge is -2.17. The SMILES string of the molecule is CCOc1cc(CNC2CCCC2)c(Br)cc1OCc1c(Cl)cccc1Cl. The van der Waals surface area contributed by atoms with Crippen LogP contribution in [0, 0.1) is 0 Å². The van der Waals surface area contributed by atoms with Crippen LogP contribution in [-0.2, 0) is 13.2 Å². The van der Waals surface area contributed by atoms with Gasteiger partial charge in [0.25, 0.3) is 0 Å². The highest BCUT2D eigenvalue weighted by molar-refractivity contribution is 9.10. The Kier molecular flexibility index (Phi) is 7.71. The number of halogens is 3. The first-order chi connectivity index (χ1) is 13.1. The molecule has 0 aliphatic heterocycles. The molecule has 3 nitrogen and oxygen atoms in total. The van der Waals surface area contributed by atoms with Gasteiger partial charge in [-0.15, -0.1) is 0 Å². The summed E-state index contributed by atoms with van der Waals surface area (Å²) < 4.78 is 12.8. The van der Waals surface area contributed by atoms with E-state index in [2.05, 4.69) is 21.2 Å². The molecule has 0 atom stereocenters. The summed E-state index contributed by atoms with van der Waals surface area (Å²) in [4.78, 5) is 0. The Morgan fingerprint density at radius 2 is 1.74 bits per heavy atom. The molecule has 0 amide bonds. The number of ether oxygens (including phenoxy) is 2. The molecule has 1 aliphatic rings. The fourth-order valence-corrected chi connectivity index (χ4v) is 4.27. The minimum atomic E-state index is 0.282. The van der Waals surface area contributed by atoms with Crippen LogP contribution < -0.4 is 14.8 Å². The van der Waals surface area contributed by atoms with E-state index in [1.165, 1.54) is 25.7 Å². The summed E-state index contributed by atoms with van der Waals surface area (Å²) in [6.07, 6.45) is 5.16. The molecular formula is C21H24BrCl2NO2. The highest BCUT2D eigenvalue weighted by Crippen LogP contribution is 2.36. The Morgan fingerprint density at radius 1 is 1.07 bits per heavy atom. The molecule has 1 fully saturated rings. The van der Waals surface area contributed by atoms with E-state index >= 15 is 0 Å². The summed E-state index contributed by atoms with van der Waals surface area (Å²) in [6.45, 7) is 3.63. The average Bonchev–Trinajstić information content (AvgIpc) is 3.16. The molecule has 0 saturated heterocycles. The lowest BCUT2D eigenvalue weighted by atomic mass is 10.1. The lowest BCUT2D eigenvalue weighted by Crippen LogP contribution is -2.25. The Morgan fingerprint density at radius 3 is 2.41 bits per heavy atom. The van der Waals surface area contributed by atoms with E-state index in [0.29, 0.717) is 28.4 Å². The smallest absolute Gasteiger partial charge is 0.162 e. The lowest BCUT2D eigenvalue weighted by molar-refractivity contribution is 0.269. The van der Waals surface area contributed by atoms with Crippen LogP contribution in [0.2, 0.25) is 10.0 Å². The van der Waals surface area contributed by atoms with Gasteiger partial charge in [0.15, 0.2) is 11.5 Å². The van der Waals surface area contributed by atoms with Crippen molar-refractivity contribution in [2.75, 3.05) is 6.61 Å². The largest absolute Gasteiger partial charge is 0.490 e. The second-order valence-electron chi connectivity index (χ2n) is 6.67. The Labute approximate surface area is 179 Å². The third kappa shape index (κ3) is 5.54. The van der Waals surface area contributed by atoms with Crippen molar-refractivity contribution >= 4 is 39.1 Å². The first kappa shape index (κ1) is 20.8. The van der Waals surface area contributed by atoms with Crippen LogP contribution in [0.1, 0.15) is 43.7 Å². The molecule has 27 heavy (non-hydrogen) atoms. The predicted octanol–water partition coefficient (Wildman–Crippen LogP) is 6.77. The quantitative estimate of drug-likeness (QED) is 0.460. The van der Waals surface area contributed by atoms with E-state index in [0.717, 1.165) is 27.9 Å². The maximum Gasteiger partial charge on any atom is 0.162 e. The van der Waals surface area contributed by atoms with E-state index in [-0.39, 0.29) is 6.61 Å². The van der Waals surface area contributed by atoms with E-state index < -0.39 is 0 Å². The van der Waals surface area contributed by atoms with Gasteiger partial charge >= 0.3 is 0 Å². The minimum absolute atomic E-state index is 0.282. The van der Waals surface area contributed by atoms with Gasteiger partial charge in [-0.1, -0.05) is 58.0 Å². The molecule has 0 spiro atoms. The van der Waals surface area contributed by atoms with Crippen molar-refractivity contribution in [2.24, 2.45) is 0 Å². The molecule has 1 aliphatic carbocycles. The van der Waals surface area contributed by atoms with Crippen molar-refractivity contribution in [3.63, 3.8) is 0 Å². The molecule has 0 radical (unpaired) electrons. The molecule has 0 heterocycles. The second-order valence-corrected chi connectivity index (χ2v) is 8.34. The standard InChI is InChI=1S/C21H24BrCl2NO2/c1-2-26-20-10-14(12-25-15-6-3-4-7-15)17(22)11-21(20)27-13-16-18(23)8-5-9-19(16)24/h5,8-11,15,25H,2-4,6-7,12-13H2,1H3. The fourth-order valence-electron chi connectivity index (χ4n) is 3.30. The van der Waals surface area contributed by atoms with Crippen molar-refractivity contribution in [3.8, 4) is 11.5 Å². The third-order valence-electron chi connectivity index (χ3n) is 4.78. The Hall–Kier alpha value is -0.940. The summed E-state index contributed by atoms with van der Waals surface area (Å²) in [7, 11) is 0. The van der Waals surface area contributed by atoms with Gasteiger partial charge in [-0.05, 0) is 49.6 Å². The predicted molar refractivity (Wildman–Crippen MR) is 115 cm³/mol. The van der Waals surface area contributed by atoms with Crippen LogP contribution in [0.15, 0.2) is 34.8 Å². The maximum absolute atomic E-state index is 6.24. The van der Waals surface area contributed by atoms with E-state index in [4.69, 9.17) is 32.7 Å². The van der Waals surface area contributed by atoms with E-state index in [1.807, 2.05) is 37.3 Å². The number of rotatable bonds is 8. The van der Waals surface area contributed by atoms with Gasteiger partial charge in [0.2, 0.25) is 0 Å². The molecule has 6 heteroatoms. The fraction of sp³-hybridized carbons (Fsp3) is 0.429. The summed E-state index contributed by atoms with van der Waals surface area (Å²) >= 11 is 16.2. The van der Waals surface area contributed by atoms with Gasteiger partial charge in [-0.25, -0.2) is 0 Å². The molecule has 1 N–H and O–H groups in total. The minimum Gasteiger partial charge on any atom is -0.490 e. The van der Waals surface area contributed by atoms with Crippen LogP contribution in [0.3, 0.4) is 0 Å². The summed E-state index contributed by atoms with van der Waals surface area (Å²) in [5.74, 6) is 1.40. The third-order valence-corrected chi connectivity index (χ3v) is 6.23. The zero-order valence-electron chi connectivity index (χ0n) is 15.4. The highest BCUT2D eigenvalue weighted by atomic mass is 79.9. The highest BCUT2D eigenvalue weighted by Gasteiger charge is 2.17. The zero-order chi connectivity index (χ0) is 19.2. The van der Waals surface area contributed by atoms with E-state index in [1.54, 1.807) is 0 Å².